The lowest BCUT2D eigenvalue weighted by Crippen LogP contribution is -1.95. The molecule has 3 heteroatoms. The fourth-order valence-corrected chi connectivity index (χ4v) is 1.30. The SMILES string of the molecule is Cc1ccc2c(CN)cnn2c1. The van der Waals surface area contributed by atoms with E-state index in [1.807, 2.05) is 29.9 Å². The van der Waals surface area contributed by atoms with Gasteiger partial charge in [0.1, 0.15) is 0 Å². The quantitative estimate of drug-likeness (QED) is 0.680. The van der Waals surface area contributed by atoms with Crippen molar-refractivity contribution in [3.05, 3.63) is 35.7 Å². The van der Waals surface area contributed by atoms with Crippen molar-refractivity contribution in [1.82, 2.24) is 9.61 Å². The highest BCUT2D eigenvalue weighted by Gasteiger charge is 2.00. The first-order valence-corrected chi connectivity index (χ1v) is 3.94. The molecule has 0 saturated heterocycles. The molecular weight excluding hydrogens is 150 g/mol. The third-order valence-electron chi connectivity index (χ3n) is 1.96. The van der Waals surface area contributed by atoms with Gasteiger partial charge in [0, 0.05) is 18.3 Å². The number of nitrogens with zero attached hydrogens (tertiary/aromatic N) is 2. The number of hydrogen-bond donors (Lipinski definition) is 1. The second-order valence-electron chi connectivity index (χ2n) is 2.91. The van der Waals surface area contributed by atoms with Crippen LogP contribution in [0.5, 0.6) is 0 Å². The summed E-state index contributed by atoms with van der Waals surface area (Å²) in [4.78, 5) is 0. The van der Waals surface area contributed by atoms with Crippen molar-refractivity contribution < 1.29 is 0 Å². The first kappa shape index (κ1) is 7.31. The van der Waals surface area contributed by atoms with Gasteiger partial charge in [0.15, 0.2) is 0 Å². The molecule has 3 nitrogen and oxygen atoms in total. The Hall–Kier alpha value is -1.35. The third kappa shape index (κ3) is 0.987. The standard InChI is InChI=1S/C9H11N3/c1-7-2-3-9-8(4-10)5-11-12(9)6-7/h2-3,5-6H,4,10H2,1H3. The smallest absolute Gasteiger partial charge is 0.0706 e. The number of aromatic nitrogens is 2. The Morgan fingerprint density at radius 3 is 3.08 bits per heavy atom. The first-order chi connectivity index (χ1) is 5.81. The fraction of sp³-hybridized carbons (Fsp3) is 0.222. The van der Waals surface area contributed by atoms with Crippen LogP contribution >= 0.6 is 0 Å². The average Bonchev–Trinajstić information content (AvgIpc) is 2.46. The van der Waals surface area contributed by atoms with Gasteiger partial charge in [-0.05, 0) is 18.6 Å². The lowest BCUT2D eigenvalue weighted by molar-refractivity contribution is 0.952. The van der Waals surface area contributed by atoms with Gasteiger partial charge in [0.05, 0.1) is 11.7 Å². The molecule has 0 aromatic carbocycles. The molecule has 2 heterocycles. The highest BCUT2D eigenvalue weighted by atomic mass is 15.2. The molecule has 0 bridgehead atoms. The highest BCUT2D eigenvalue weighted by Crippen LogP contribution is 2.10. The van der Waals surface area contributed by atoms with E-state index in [2.05, 4.69) is 11.2 Å². The number of pyridine rings is 1. The van der Waals surface area contributed by atoms with Crippen LogP contribution in [0.15, 0.2) is 24.5 Å². The average molecular weight is 161 g/mol. The maximum Gasteiger partial charge on any atom is 0.0706 e. The Bertz CT molecular complexity index is 403. The highest BCUT2D eigenvalue weighted by molar-refractivity contribution is 5.53. The van der Waals surface area contributed by atoms with E-state index in [1.165, 1.54) is 5.56 Å². The largest absolute Gasteiger partial charge is 0.326 e. The lowest BCUT2D eigenvalue weighted by Gasteiger charge is -1.96. The van der Waals surface area contributed by atoms with Crippen molar-refractivity contribution in [3.8, 4) is 0 Å². The summed E-state index contributed by atoms with van der Waals surface area (Å²) < 4.78 is 1.86. The van der Waals surface area contributed by atoms with E-state index < -0.39 is 0 Å². The van der Waals surface area contributed by atoms with Gasteiger partial charge < -0.3 is 5.73 Å². The molecule has 0 radical (unpaired) electrons. The summed E-state index contributed by atoms with van der Waals surface area (Å²) in [6.07, 6.45) is 3.81. The molecule has 0 atom stereocenters. The summed E-state index contributed by atoms with van der Waals surface area (Å²) >= 11 is 0. The van der Waals surface area contributed by atoms with E-state index in [0.717, 1.165) is 11.1 Å². The van der Waals surface area contributed by atoms with E-state index >= 15 is 0 Å². The van der Waals surface area contributed by atoms with E-state index in [1.54, 1.807) is 0 Å². The van der Waals surface area contributed by atoms with Gasteiger partial charge in [-0.15, -0.1) is 0 Å². The molecule has 0 saturated carbocycles. The van der Waals surface area contributed by atoms with Gasteiger partial charge in [-0.1, -0.05) is 6.07 Å². The van der Waals surface area contributed by atoms with E-state index in [4.69, 9.17) is 5.73 Å². The molecule has 0 aliphatic heterocycles. The topological polar surface area (TPSA) is 43.3 Å². The summed E-state index contributed by atoms with van der Waals surface area (Å²) in [5.74, 6) is 0. The van der Waals surface area contributed by atoms with Crippen molar-refractivity contribution in [3.63, 3.8) is 0 Å². The van der Waals surface area contributed by atoms with Gasteiger partial charge in [0.25, 0.3) is 0 Å². The third-order valence-corrected chi connectivity index (χ3v) is 1.96. The molecule has 0 amide bonds. The number of nitrogens with two attached hydrogens (primary N) is 1. The molecule has 0 fully saturated rings. The van der Waals surface area contributed by atoms with Crippen LogP contribution in [0.1, 0.15) is 11.1 Å². The fourth-order valence-electron chi connectivity index (χ4n) is 1.30. The maximum atomic E-state index is 5.55. The van der Waals surface area contributed by atoms with Crippen molar-refractivity contribution in [2.45, 2.75) is 13.5 Å². The lowest BCUT2D eigenvalue weighted by atomic mass is 10.2. The molecule has 62 valence electrons. The minimum atomic E-state index is 0.548. The molecule has 2 N–H and O–H groups in total. The molecule has 0 unspecified atom stereocenters. The molecular formula is C9H11N3. The summed E-state index contributed by atoms with van der Waals surface area (Å²) in [5, 5.41) is 4.19. The van der Waals surface area contributed by atoms with Crippen LogP contribution in [0.3, 0.4) is 0 Å². The van der Waals surface area contributed by atoms with Crippen LogP contribution in [0.25, 0.3) is 5.52 Å². The summed E-state index contributed by atoms with van der Waals surface area (Å²) in [6, 6.07) is 4.11. The van der Waals surface area contributed by atoms with Crippen LogP contribution in [-0.2, 0) is 6.54 Å². The van der Waals surface area contributed by atoms with E-state index in [-0.39, 0.29) is 0 Å². The van der Waals surface area contributed by atoms with Crippen LogP contribution in [0.4, 0.5) is 0 Å². The maximum absolute atomic E-state index is 5.55. The Morgan fingerprint density at radius 1 is 1.50 bits per heavy atom. The zero-order valence-corrected chi connectivity index (χ0v) is 6.99. The molecule has 2 aromatic heterocycles. The molecule has 0 aliphatic rings. The van der Waals surface area contributed by atoms with Gasteiger partial charge >= 0.3 is 0 Å². The van der Waals surface area contributed by atoms with Gasteiger partial charge in [-0.25, -0.2) is 4.52 Å². The molecule has 0 aliphatic carbocycles. The molecule has 2 aromatic rings. The van der Waals surface area contributed by atoms with Crippen molar-refractivity contribution in [2.24, 2.45) is 5.73 Å². The number of hydrogen-bond acceptors (Lipinski definition) is 2. The van der Waals surface area contributed by atoms with Crippen LogP contribution < -0.4 is 5.73 Å². The Labute approximate surface area is 70.8 Å². The number of fused-ring (bicyclic) bond motifs is 1. The van der Waals surface area contributed by atoms with Crippen molar-refractivity contribution in [1.29, 1.82) is 0 Å². The summed E-state index contributed by atoms with van der Waals surface area (Å²) in [6.45, 7) is 2.59. The van der Waals surface area contributed by atoms with E-state index in [0.29, 0.717) is 6.54 Å². The Morgan fingerprint density at radius 2 is 2.33 bits per heavy atom. The minimum absolute atomic E-state index is 0.548. The van der Waals surface area contributed by atoms with Gasteiger partial charge in [-0.2, -0.15) is 5.10 Å². The van der Waals surface area contributed by atoms with Gasteiger partial charge in [-0.3, -0.25) is 0 Å². The number of aryl methyl sites for hydroxylation is 1. The number of rotatable bonds is 1. The van der Waals surface area contributed by atoms with Crippen LogP contribution in [-0.4, -0.2) is 9.61 Å². The predicted octanol–water partition coefficient (Wildman–Crippen LogP) is 1.10. The predicted molar refractivity (Wildman–Crippen MR) is 47.8 cm³/mol. The normalized spacial score (nSPS) is 10.8. The zero-order chi connectivity index (χ0) is 8.55. The van der Waals surface area contributed by atoms with Crippen LogP contribution in [0.2, 0.25) is 0 Å². The van der Waals surface area contributed by atoms with Crippen molar-refractivity contribution >= 4 is 5.52 Å². The van der Waals surface area contributed by atoms with E-state index in [9.17, 15) is 0 Å². The second-order valence-corrected chi connectivity index (χ2v) is 2.91. The molecule has 12 heavy (non-hydrogen) atoms. The Balaban J connectivity index is 2.73. The minimum Gasteiger partial charge on any atom is -0.326 e. The summed E-state index contributed by atoms with van der Waals surface area (Å²) in [5.41, 5.74) is 8.94. The first-order valence-electron chi connectivity index (χ1n) is 3.94. The summed E-state index contributed by atoms with van der Waals surface area (Å²) in [7, 11) is 0. The Kier molecular flexibility index (Phi) is 1.59. The van der Waals surface area contributed by atoms with Gasteiger partial charge in [0.2, 0.25) is 0 Å². The van der Waals surface area contributed by atoms with Crippen molar-refractivity contribution in [2.75, 3.05) is 0 Å². The monoisotopic (exact) mass is 161 g/mol. The molecule has 2 rings (SSSR count). The van der Waals surface area contributed by atoms with Crippen LogP contribution in [0, 0.1) is 6.92 Å². The second kappa shape index (κ2) is 2.60. The zero-order valence-electron chi connectivity index (χ0n) is 6.99. The molecule has 0 spiro atoms.